The van der Waals surface area contributed by atoms with Crippen molar-refractivity contribution in [2.24, 2.45) is 0 Å². The van der Waals surface area contributed by atoms with Gasteiger partial charge in [0.25, 0.3) is 0 Å². The second kappa shape index (κ2) is 5.55. The second-order valence-corrected chi connectivity index (χ2v) is 1.98. The van der Waals surface area contributed by atoms with E-state index in [0.29, 0.717) is 11.5 Å². The van der Waals surface area contributed by atoms with Crippen LogP contribution >= 0.6 is 0 Å². The molecule has 0 fully saturated rings. The van der Waals surface area contributed by atoms with E-state index in [-0.39, 0.29) is 12.4 Å². The van der Waals surface area contributed by atoms with Gasteiger partial charge in [-0.15, -0.1) is 0 Å². The number of hydrogen-bond acceptors (Lipinski definition) is 3. The van der Waals surface area contributed by atoms with Crippen LogP contribution in [0.2, 0.25) is 0 Å². The Hall–Kier alpha value is -1.09. The van der Waals surface area contributed by atoms with Gasteiger partial charge in [-0.05, 0) is 12.1 Å². The SMILES string of the molecule is CC.CC(=O)c1ccc(CO)o1. The van der Waals surface area contributed by atoms with Crippen LogP contribution in [-0.4, -0.2) is 10.9 Å². The third kappa shape index (κ3) is 2.88. The number of carbonyl (C=O) groups is 1. The van der Waals surface area contributed by atoms with Gasteiger partial charge in [0.1, 0.15) is 12.4 Å². The van der Waals surface area contributed by atoms with E-state index in [4.69, 9.17) is 9.52 Å². The maximum Gasteiger partial charge on any atom is 0.194 e. The van der Waals surface area contributed by atoms with Crippen molar-refractivity contribution in [1.29, 1.82) is 0 Å². The normalized spacial score (nSPS) is 8.67. The lowest BCUT2D eigenvalue weighted by molar-refractivity contribution is 0.0982. The van der Waals surface area contributed by atoms with E-state index in [1.165, 1.54) is 6.92 Å². The number of aliphatic hydroxyl groups is 1. The predicted molar refractivity (Wildman–Crippen MR) is 46.0 cm³/mol. The van der Waals surface area contributed by atoms with Gasteiger partial charge < -0.3 is 9.52 Å². The summed E-state index contributed by atoms with van der Waals surface area (Å²) in [6.45, 7) is 5.26. The molecule has 0 unspecified atom stereocenters. The molecule has 3 nitrogen and oxygen atoms in total. The number of hydrogen-bond donors (Lipinski definition) is 1. The average molecular weight is 170 g/mol. The molecule has 1 aromatic heterocycles. The lowest BCUT2D eigenvalue weighted by atomic mass is 10.3. The fourth-order valence-corrected chi connectivity index (χ4v) is 0.652. The van der Waals surface area contributed by atoms with Crippen LogP contribution < -0.4 is 0 Å². The van der Waals surface area contributed by atoms with Crippen LogP contribution in [0.15, 0.2) is 16.5 Å². The van der Waals surface area contributed by atoms with Gasteiger partial charge in [-0.1, -0.05) is 13.8 Å². The van der Waals surface area contributed by atoms with Crippen LogP contribution in [0.25, 0.3) is 0 Å². The van der Waals surface area contributed by atoms with Gasteiger partial charge >= 0.3 is 0 Å². The van der Waals surface area contributed by atoms with Crippen LogP contribution in [0.5, 0.6) is 0 Å². The highest BCUT2D eigenvalue weighted by Gasteiger charge is 2.03. The summed E-state index contributed by atoms with van der Waals surface area (Å²) in [6, 6.07) is 3.13. The molecule has 0 radical (unpaired) electrons. The van der Waals surface area contributed by atoms with Crippen molar-refractivity contribution in [3.8, 4) is 0 Å². The first-order valence-electron chi connectivity index (χ1n) is 3.94. The van der Waals surface area contributed by atoms with E-state index < -0.39 is 0 Å². The first-order chi connectivity index (χ1) is 5.74. The lowest BCUT2D eigenvalue weighted by Crippen LogP contribution is -1.86. The third-order valence-corrected chi connectivity index (χ3v) is 1.16. The lowest BCUT2D eigenvalue weighted by Gasteiger charge is -1.86. The maximum absolute atomic E-state index is 10.6. The summed E-state index contributed by atoms with van der Waals surface area (Å²) in [6.07, 6.45) is 0. The Morgan fingerprint density at radius 3 is 2.33 bits per heavy atom. The Morgan fingerprint density at radius 1 is 1.50 bits per heavy atom. The molecule has 0 saturated carbocycles. The average Bonchev–Trinajstić information content (AvgIpc) is 2.55. The van der Waals surface area contributed by atoms with Crippen molar-refractivity contribution in [3.05, 3.63) is 23.7 Å². The van der Waals surface area contributed by atoms with E-state index >= 15 is 0 Å². The number of Topliss-reactive ketones (excluding diaryl/α,β-unsaturated/α-hetero) is 1. The highest BCUT2D eigenvalue weighted by molar-refractivity contribution is 5.91. The van der Waals surface area contributed by atoms with Crippen LogP contribution in [0, 0.1) is 0 Å². The molecule has 0 aliphatic rings. The Kier molecular flexibility index (Phi) is 5.04. The van der Waals surface area contributed by atoms with Gasteiger partial charge in [0, 0.05) is 6.92 Å². The molecule has 3 heteroatoms. The zero-order valence-corrected chi connectivity index (χ0v) is 7.63. The van der Waals surface area contributed by atoms with E-state index in [1.54, 1.807) is 12.1 Å². The summed E-state index contributed by atoms with van der Waals surface area (Å²) in [4.78, 5) is 10.6. The third-order valence-electron chi connectivity index (χ3n) is 1.16. The molecule has 12 heavy (non-hydrogen) atoms. The Labute approximate surface area is 72.0 Å². The van der Waals surface area contributed by atoms with Gasteiger partial charge in [0.15, 0.2) is 11.5 Å². The Bertz CT molecular complexity index is 238. The molecule has 0 saturated heterocycles. The highest BCUT2D eigenvalue weighted by atomic mass is 16.4. The monoisotopic (exact) mass is 170 g/mol. The van der Waals surface area contributed by atoms with Gasteiger partial charge in [-0.25, -0.2) is 0 Å². The van der Waals surface area contributed by atoms with Gasteiger partial charge in [-0.3, -0.25) is 4.79 Å². The summed E-state index contributed by atoms with van der Waals surface area (Å²) in [5, 5.41) is 8.53. The van der Waals surface area contributed by atoms with E-state index in [0.717, 1.165) is 0 Å². The van der Waals surface area contributed by atoms with Crippen LogP contribution in [0.4, 0.5) is 0 Å². The standard InChI is InChI=1S/C7H8O3.C2H6/c1-5(9)7-3-2-6(4-8)10-7;1-2/h2-3,8H,4H2,1H3;1-2H3. The van der Waals surface area contributed by atoms with E-state index in [2.05, 4.69) is 0 Å². The van der Waals surface area contributed by atoms with Crippen LogP contribution in [0.1, 0.15) is 37.1 Å². The molecule has 0 aliphatic carbocycles. The fourth-order valence-electron chi connectivity index (χ4n) is 0.652. The molecule has 0 spiro atoms. The number of rotatable bonds is 2. The van der Waals surface area contributed by atoms with Crippen LogP contribution in [-0.2, 0) is 6.61 Å². The van der Waals surface area contributed by atoms with Crippen molar-refractivity contribution in [1.82, 2.24) is 0 Å². The van der Waals surface area contributed by atoms with Gasteiger partial charge in [0.05, 0.1) is 0 Å². The first kappa shape index (κ1) is 10.9. The fraction of sp³-hybridized carbons (Fsp3) is 0.444. The van der Waals surface area contributed by atoms with Gasteiger partial charge in [-0.2, -0.15) is 0 Å². The maximum atomic E-state index is 10.6. The van der Waals surface area contributed by atoms with Crippen molar-refractivity contribution < 1.29 is 14.3 Å². The van der Waals surface area contributed by atoms with Crippen molar-refractivity contribution in [3.63, 3.8) is 0 Å². The predicted octanol–water partition coefficient (Wildman–Crippen LogP) is 2.00. The first-order valence-corrected chi connectivity index (χ1v) is 3.94. The largest absolute Gasteiger partial charge is 0.456 e. The summed E-state index contributed by atoms with van der Waals surface area (Å²) in [5.74, 6) is 0.592. The Morgan fingerprint density at radius 2 is 2.08 bits per heavy atom. The summed E-state index contributed by atoms with van der Waals surface area (Å²) in [5.41, 5.74) is 0. The number of furan rings is 1. The minimum absolute atomic E-state index is 0.125. The zero-order valence-electron chi connectivity index (χ0n) is 7.63. The minimum Gasteiger partial charge on any atom is -0.456 e. The molecular weight excluding hydrogens is 156 g/mol. The van der Waals surface area contributed by atoms with E-state index in [9.17, 15) is 4.79 Å². The molecule has 0 amide bonds. The summed E-state index contributed by atoms with van der Waals surface area (Å²) >= 11 is 0. The second-order valence-electron chi connectivity index (χ2n) is 1.98. The topological polar surface area (TPSA) is 50.4 Å². The van der Waals surface area contributed by atoms with Crippen molar-refractivity contribution in [2.75, 3.05) is 0 Å². The van der Waals surface area contributed by atoms with E-state index in [1.807, 2.05) is 13.8 Å². The Balaban J connectivity index is 0.000000561. The number of carbonyl (C=O) groups excluding carboxylic acids is 1. The molecule has 0 atom stereocenters. The summed E-state index contributed by atoms with van der Waals surface area (Å²) < 4.78 is 4.89. The van der Waals surface area contributed by atoms with Crippen LogP contribution in [0.3, 0.4) is 0 Å². The quantitative estimate of drug-likeness (QED) is 0.690. The molecule has 0 aromatic carbocycles. The molecule has 0 aliphatic heterocycles. The molecule has 1 aromatic rings. The van der Waals surface area contributed by atoms with Gasteiger partial charge in [0.2, 0.25) is 0 Å². The number of ketones is 1. The number of aliphatic hydroxyl groups excluding tert-OH is 1. The molecule has 1 rings (SSSR count). The smallest absolute Gasteiger partial charge is 0.194 e. The highest BCUT2D eigenvalue weighted by Crippen LogP contribution is 2.07. The minimum atomic E-state index is -0.159. The molecule has 68 valence electrons. The molecule has 1 heterocycles. The van der Waals surface area contributed by atoms with Crippen molar-refractivity contribution in [2.45, 2.75) is 27.4 Å². The molecular formula is C9H14O3. The zero-order chi connectivity index (χ0) is 9.56. The molecule has 1 N–H and O–H groups in total. The summed E-state index contributed by atoms with van der Waals surface area (Å²) in [7, 11) is 0. The van der Waals surface area contributed by atoms with Crippen molar-refractivity contribution >= 4 is 5.78 Å². The molecule has 0 bridgehead atoms.